The number of nitrogens with one attached hydrogen (secondary N) is 1. The number of thiocarbonyl (C=S) groups is 1. The number of hydrogen-bond donors (Lipinski definition) is 2. The van der Waals surface area contributed by atoms with Crippen molar-refractivity contribution in [3.05, 3.63) is 12.4 Å². The molecule has 1 aromatic rings. The van der Waals surface area contributed by atoms with Crippen LogP contribution in [0.15, 0.2) is 12.4 Å². The lowest BCUT2D eigenvalue weighted by atomic mass is 9.85. The second kappa shape index (κ2) is 5.28. The van der Waals surface area contributed by atoms with E-state index in [4.69, 9.17) is 18.0 Å². The van der Waals surface area contributed by atoms with Gasteiger partial charge in [-0.3, -0.25) is 9.48 Å². The Morgan fingerprint density at radius 2 is 2.16 bits per heavy atom. The molecule has 2 rings (SSSR count). The van der Waals surface area contributed by atoms with Crippen molar-refractivity contribution in [1.29, 1.82) is 0 Å². The van der Waals surface area contributed by atoms with Gasteiger partial charge < -0.3 is 11.1 Å². The first kappa shape index (κ1) is 14.0. The molecule has 0 aromatic carbocycles. The number of hydrogen-bond acceptors (Lipinski definition) is 3. The van der Waals surface area contributed by atoms with Gasteiger partial charge in [0.05, 0.1) is 22.3 Å². The van der Waals surface area contributed by atoms with Gasteiger partial charge in [-0.05, 0) is 26.7 Å². The smallest absolute Gasteiger partial charge is 0.237 e. The number of carbonyl (C=O) groups excluding carboxylic acids is 1. The van der Waals surface area contributed by atoms with Crippen molar-refractivity contribution in [2.24, 2.45) is 11.1 Å². The summed E-state index contributed by atoms with van der Waals surface area (Å²) in [5.74, 6) is -0.0965. The Kier molecular flexibility index (Phi) is 3.89. The number of rotatable bonds is 4. The topological polar surface area (TPSA) is 72.9 Å². The van der Waals surface area contributed by atoms with E-state index < -0.39 is 5.41 Å². The van der Waals surface area contributed by atoms with Gasteiger partial charge >= 0.3 is 0 Å². The van der Waals surface area contributed by atoms with Gasteiger partial charge in [0.2, 0.25) is 5.91 Å². The summed E-state index contributed by atoms with van der Waals surface area (Å²) < 4.78 is 1.80. The van der Waals surface area contributed by atoms with Gasteiger partial charge in [-0.1, -0.05) is 25.1 Å². The van der Waals surface area contributed by atoms with Crippen molar-refractivity contribution in [3.63, 3.8) is 0 Å². The second-order valence-corrected chi connectivity index (χ2v) is 5.85. The predicted molar refractivity (Wildman–Crippen MR) is 78.9 cm³/mol. The summed E-state index contributed by atoms with van der Waals surface area (Å²) in [6, 6.07) is 0.265. The molecule has 0 saturated heterocycles. The normalized spacial score (nSPS) is 17.6. The average Bonchev–Trinajstić information content (AvgIpc) is 2.97. The minimum absolute atomic E-state index is 0.0965. The summed E-state index contributed by atoms with van der Waals surface area (Å²) in [4.78, 5) is 12.7. The quantitative estimate of drug-likeness (QED) is 0.830. The molecule has 1 aliphatic rings. The van der Waals surface area contributed by atoms with Crippen LogP contribution >= 0.6 is 12.2 Å². The fraction of sp³-hybridized carbons (Fsp3) is 0.615. The van der Waals surface area contributed by atoms with Gasteiger partial charge in [-0.25, -0.2) is 0 Å². The summed E-state index contributed by atoms with van der Waals surface area (Å²) in [6.45, 7) is 4.07. The summed E-state index contributed by atoms with van der Waals surface area (Å²) >= 11 is 5.10. The molecule has 1 heterocycles. The number of nitrogens with zero attached hydrogens (tertiary/aromatic N) is 2. The molecule has 1 amide bonds. The van der Waals surface area contributed by atoms with Gasteiger partial charge in [0, 0.05) is 12.2 Å². The molecule has 0 radical (unpaired) electrons. The molecular formula is C13H20N4OS. The van der Waals surface area contributed by atoms with Crippen molar-refractivity contribution in [2.45, 2.75) is 45.6 Å². The maximum atomic E-state index is 12.4. The zero-order valence-corrected chi connectivity index (χ0v) is 12.2. The Morgan fingerprint density at radius 3 is 2.63 bits per heavy atom. The van der Waals surface area contributed by atoms with Crippen molar-refractivity contribution < 1.29 is 4.79 Å². The Morgan fingerprint density at radius 1 is 1.53 bits per heavy atom. The minimum atomic E-state index is -0.671. The van der Waals surface area contributed by atoms with E-state index in [1.54, 1.807) is 10.9 Å². The number of amides is 1. The monoisotopic (exact) mass is 280 g/mol. The zero-order chi connectivity index (χ0) is 14.0. The molecule has 6 heteroatoms. The molecule has 1 aromatic heterocycles. The molecule has 0 bridgehead atoms. The molecule has 0 unspecified atom stereocenters. The van der Waals surface area contributed by atoms with Crippen molar-refractivity contribution in [1.82, 2.24) is 9.78 Å². The van der Waals surface area contributed by atoms with Gasteiger partial charge in [-0.15, -0.1) is 0 Å². The third-order valence-corrected chi connectivity index (χ3v) is 4.14. The highest BCUT2D eigenvalue weighted by Crippen LogP contribution is 2.39. The van der Waals surface area contributed by atoms with Crippen LogP contribution in [0.3, 0.4) is 0 Å². The van der Waals surface area contributed by atoms with Gasteiger partial charge in [0.15, 0.2) is 0 Å². The first-order valence-corrected chi connectivity index (χ1v) is 7.02. The highest BCUT2D eigenvalue weighted by molar-refractivity contribution is 7.80. The van der Waals surface area contributed by atoms with E-state index in [0.29, 0.717) is 10.7 Å². The summed E-state index contributed by atoms with van der Waals surface area (Å²) in [6.07, 6.45) is 6.95. The molecule has 19 heavy (non-hydrogen) atoms. The minimum Gasteiger partial charge on any atom is -0.392 e. The van der Waals surface area contributed by atoms with E-state index in [9.17, 15) is 4.79 Å². The molecule has 0 atom stereocenters. The van der Waals surface area contributed by atoms with E-state index in [1.165, 1.54) is 0 Å². The van der Waals surface area contributed by atoms with Crippen LogP contribution in [0, 0.1) is 5.41 Å². The maximum Gasteiger partial charge on any atom is 0.237 e. The van der Waals surface area contributed by atoms with E-state index in [0.717, 1.165) is 25.7 Å². The van der Waals surface area contributed by atoms with Gasteiger partial charge in [0.1, 0.15) is 0 Å². The lowest BCUT2D eigenvalue weighted by molar-refractivity contribution is -0.122. The molecule has 0 spiro atoms. The van der Waals surface area contributed by atoms with Gasteiger partial charge in [0.25, 0.3) is 0 Å². The van der Waals surface area contributed by atoms with Crippen molar-refractivity contribution in [3.8, 4) is 0 Å². The molecule has 1 saturated carbocycles. The predicted octanol–water partition coefficient (Wildman–Crippen LogP) is 2.25. The van der Waals surface area contributed by atoms with Crippen LogP contribution in [0.2, 0.25) is 0 Å². The Labute approximate surface area is 118 Å². The van der Waals surface area contributed by atoms with Crippen LogP contribution < -0.4 is 11.1 Å². The standard InChI is InChI=1S/C13H20N4OS/c1-9(2)17-8-10(7-15-17)16-12(18)13(11(14)19)5-3-4-6-13/h7-9H,3-6H2,1-2H3,(H2,14,19)(H,16,18). The Bertz CT molecular complexity index is 489. The maximum absolute atomic E-state index is 12.4. The fourth-order valence-corrected chi connectivity index (χ4v) is 2.80. The van der Waals surface area contributed by atoms with Crippen LogP contribution in [-0.2, 0) is 4.79 Å². The summed E-state index contributed by atoms with van der Waals surface area (Å²) in [5.41, 5.74) is 5.81. The van der Waals surface area contributed by atoms with Crippen LogP contribution in [0.1, 0.15) is 45.6 Å². The van der Waals surface area contributed by atoms with Crippen molar-refractivity contribution >= 4 is 28.8 Å². The highest BCUT2D eigenvalue weighted by atomic mass is 32.1. The lowest BCUT2D eigenvalue weighted by Crippen LogP contribution is -2.43. The summed E-state index contributed by atoms with van der Waals surface area (Å²) in [5, 5.41) is 7.09. The van der Waals surface area contributed by atoms with Crippen LogP contribution in [0.5, 0.6) is 0 Å². The molecule has 5 nitrogen and oxygen atoms in total. The van der Waals surface area contributed by atoms with Crippen LogP contribution in [-0.4, -0.2) is 20.7 Å². The molecular weight excluding hydrogens is 260 g/mol. The first-order chi connectivity index (χ1) is 8.95. The fourth-order valence-electron chi connectivity index (χ4n) is 2.50. The van der Waals surface area contributed by atoms with Crippen LogP contribution in [0.25, 0.3) is 0 Å². The SMILES string of the molecule is CC(C)n1cc(NC(=O)C2(C(N)=S)CCCC2)cn1. The largest absolute Gasteiger partial charge is 0.392 e. The Balaban J connectivity index is 2.13. The molecule has 104 valence electrons. The number of aromatic nitrogens is 2. The molecule has 0 aliphatic heterocycles. The zero-order valence-electron chi connectivity index (χ0n) is 11.3. The third-order valence-electron chi connectivity index (χ3n) is 3.75. The molecule has 1 aliphatic carbocycles. The summed E-state index contributed by atoms with van der Waals surface area (Å²) in [7, 11) is 0. The van der Waals surface area contributed by atoms with E-state index in [-0.39, 0.29) is 11.9 Å². The highest BCUT2D eigenvalue weighted by Gasteiger charge is 2.44. The average molecular weight is 280 g/mol. The molecule has 1 fully saturated rings. The lowest BCUT2D eigenvalue weighted by Gasteiger charge is -2.25. The first-order valence-electron chi connectivity index (χ1n) is 6.61. The van der Waals surface area contributed by atoms with Gasteiger partial charge in [-0.2, -0.15) is 5.10 Å². The Hall–Kier alpha value is -1.43. The van der Waals surface area contributed by atoms with E-state index in [1.807, 2.05) is 20.0 Å². The number of anilines is 1. The number of carbonyl (C=O) groups is 1. The molecule has 3 N–H and O–H groups in total. The van der Waals surface area contributed by atoms with Crippen molar-refractivity contribution in [2.75, 3.05) is 5.32 Å². The van der Waals surface area contributed by atoms with E-state index in [2.05, 4.69) is 10.4 Å². The second-order valence-electron chi connectivity index (χ2n) is 5.41. The number of nitrogens with two attached hydrogens (primary N) is 1. The van der Waals surface area contributed by atoms with Crippen LogP contribution in [0.4, 0.5) is 5.69 Å². The third kappa shape index (κ3) is 2.63. The van der Waals surface area contributed by atoms with E-state index >= 15 is 0 Å².